The van der Waals surface area contributed by atoms with Gasteiger partial charge < -0.3 is 64.0 Å². The number of hydrogen-bond acceptors (Lipinski definition) is 12. The fourth-order valence-corrected chi connectivity index (χ4v) is 6.58. The molecule has 0 radical (unpaired) electrons. The van der Waals surface area contributed by atoms with Crippen LogP contribution in [0.5, 0.6) is 5.75 Å². The maximum absolute atomic E-state index is 14.3. The topological polar surface area (TPSA) is 334 Å². The van der Waals surface area contributed by atoms with Gasteiger partial charge in [-0.25, -0.2) is 4.79 Å². The minimum absolute atomic E-state index is 0.0221. The van der Waals surface area contributed by atoms with E-state index in [0.717, 1.165) is 0 Å². The number of carbonyl (C=O) groups excluding carboxylic acids is 6. The van der Waals surface area contributed by atoms with Crippen LogP contribution in [0.4, 0.5) is 0 Å². The maximum atomic E-state index is 14.3. The minimum atomic E-state index is -1.55. The Bertz CT molecular complexity index is 1610. The van der Waals surface area contributed by atoms with Gasteiger partial charge in [-0.3, -0.25) is 33.8 Å². The molecule has 0 spiro atoms. The zero-order valence-electron chi connectivity index (χ0n) is 33.6. The minimum Gasteiger partial charge on any atom is -0.508 e. The van der Waals surface area contributed by atoms with E-state index < -0.39 is 95.7 Å². The van der Waals surface area contributed by atoms with Crippen molar-refractivity contribution in [2.45, 2.75) is 115 Å². The fraction of sp³-hybridized carbons (Fsp3) is 0.622. The van der Waals surface area contributed by atoms with E-state index in [9.17, 15) is 48.9 Å². The molecule has 0 unspecified atom stereocenters. The summed E-state index contributed by atoms with van der Waals surface area (Å²) in [7, 11) is 0. The normalized spacial score (nSPS) is 17.4. The largest absolute Gasteiger partial charge is 0.508 e. The summed E-state index contributed by atoms with van der Waals surface area (Å²) in [6.45, 7) is 6.27. The molecule has 2 rings (SSSR count). The third-order valence-corrected chi connectivity index (χ3v) is 10.00. The number of guanidine groups is 1. The van der Waals surface area contributed by atoms with Crippen molar-refractivity contribution < 1.29 is 48.9 Å². The molecule has 21 heteroatoms. The molecule has 1 aromatic carbocycles. The second-order valence-corrected chi connectivity index (χ2v) is 15.5. The molecule has 0 saturated carbocycles. The van der Waals surface area contributed by atoms with Gasteiger partial charge in [0.2, 0.25) is 35.4 Å². The number of hydrogen-bond donors (Lipinski definition) is 11. The van der Waals surface area contributed by atoms with Gasteiger partial charge in [-0.1, -0.05) is 26.0 Å². The number of carboxylic acids is 1. The highest BCUT2D eigenvalue weighted by Gasteiger charge is 2.41. The lowest BCUT2D eigenvalue weighted by atomic mass is 10.0. The molecule has 0 aromatic heterocycles. The average Bonchev–Trinajstić information content (AvgIpc) is 3.65. The molecule has 1 fully saturated rings. The first-order chi connectivity index (χ1) is 27.3. The Balaban J connectivity index is 2.34. The first-order valence-electron chi connectivity index (χ1n) is 19.1. The maximum Gasteiger partial charge on any atom is 0.326 e. The molecule has 324 valence electrons. The van der Waals surface area contributed by atoms with Gasteiger partial charge in [-0.05, 0) is 81.6 Å². The van der Waals surface area contributed by atoms with E-state index in [1.807, 2.05) is 0 Å². The number of aromatic hydroxyl groups is 1. The summed E-state index contributed by atoms with van der Waals surface area (Å²) in [6.07, 6.45) is 1.39. The van der Waals surface area contributed by atoms with Gasteiger partial charge in [0.05, 0.1) is 12.1 Å². The molecule has 1 aliphatic rings. The van der Waals surface area contributed by atoms with Crippen molar-refractivity contribution >= 4 is 59.1 Å². The zero-order valence-corrected chi connectivity index (χ0v) is 34.4. The van der Waals surface area contributed by atoms with Crippen LogP contribution in [0.1, 0.15) is 65.4 Å². The number of carboxylic acid groups (broad SMARTS) is 1. The van der Waals surface area contributed by atoms with Crippen LogP contribution in [-0.2, 0) is 40.0 Å². The summed E-state index contributed by atoms with van der Waals surface area (Å²) in [5.41, 5.74) is 17.1. The lowest BCUT2D eigenvalue weighted by Crippen LogP contribution is -2.61. The smallest absolute Gasteiger partial charge is 0.326 e. The number of carbonyl (C=O) groups is 7. The van der Waals surface area contributed by atoms with E-state index in [2.05, 4.69) is 31.6 Å². The Morgan fingerprint density at radius 1 is 0.845 bits per heavy atom. The Kier molecular flexibility index (Phi) is 20.2. The highest BCUT2D eigenvalue weighted by atomic mass is 32.2. The molecule has 6 amide bonds. The third kappa shape index (κ3) is 15.7. The lowest BCUT2D eigenvalue weighted by Gasteiger charge is -2.32. The predicted octanol–water partition coefficient (Wildman–Crippen LogP) is -2.38. The number of aliphatic carboxylic acids is 1. The van der Waals surface area contributed by atoms with E-state index in [0.29, 0.717) is 17.7 Å². The number of thioether (sulfide) groups is 1. The first-order valence-corrected chi connectivity index (χ1v) is 20.5. The van der Waals surface area contributed by atoms with Gasteiger partial charge in [0.15, 0.2) is 5.96 Å². The first kappa shape index (κ1) is 49.0. The Hall–Kier alpha value is -5.15. The van der Waals surface area contributed by atoms with Gasteiger partial charge in [-0.2, -0.15) is 11.8 Å². The van der Waals surface area contributed by atoms with Crippen molar-refractivity contribution in [1.29, 1.82) is 0 Å². The van der Waals surface area contributed by atoms with E-state index in [-0.39, 0.29) is 56.9 Å². The molecular formula is C37H60N10O10S. The molecule has 1 aromatic rings. The van der Waals surface area contributed by atoms with Gasteiger partial charge in [0.25, 0.3) is 0 Å². The number of benzene rings is 1. The molecule has 8 atom stereocenters. The van der Waals surface area contributed by atoms with Crippen molar-refractivity contribution in [3.05, 3.63) is 29.8 Å². The van der Waals surface area contributed by atoms with Crippen LogP contribution in [0, 0.1) is 5.92 Å². The highest BCUT2D eigenvalue weighted by Crippen LogP contribution is 2.21. The van der Waals surface area contributed by atoms with Crippen molar-refractivity contribution in [2.75, 3.05) is 25.1 Å². The van der Waals surface area contributed by atoms with Crippen LogP contribution in [0.25, 0.3) is 0 Å². The molecule has 0 bridgehead atoms. The van der Waals surface area contributed by atoms with Crippen LogP contribution < -0.4 is 43.8 Å². The highest BCUT2D eigenvalue weighted by molar-refractivity contribution is 7.98. The molecule has 1 saturated heterocycles. The summed E-state index contributed by atoms with van der Waals surface area (Å²) in [4.78, 5) is 98.2. The van der Waals surface area contributed by atoms with E-state index in [1.165, 1.54) is 42.6 Å². The molecule has 1 aliphatic heterocycles. The van der Waals surface area contributed by atoms with Crippen LogP contribution >= 0.6 is 11.8 Å². The van der Waals surface area contributed by atoms with Crippen LogP contribution in [-0.4, -0.2) is 141 Å². The molecule has 58 heavy (non-hydrogen) atoms. The number of likely N-dealkylation sites (tertiary alicyclic amines) is 1. The summed E-state index contributed by atoms with van der Waals surface area (Å²) in [6, 6.07) is -2.49. The number of nitrogens with zero attached hydrogens (tertiary/aromatic N) is 2. The number of amides is 6. The number of aliphatic hydroxyl groups excluding tert-OH is 1. The van der Waals surface area contributed by atoms with Crippen LogP contribution in [0.15, 0.2) is 29.3 Å². The van der Waals surface area contributed by atoms with Gasteiger partial charge >= 0.3 is 5.97 Å². The number of phenols is 1. The summed E-state index contributed by atoms with van der Waals surface area (Å²) in [5, 5.41) is 42.6. The van der Waals surface area contributed by atoms with Crippen molar-refractivity contribution in [3.8, 4) is 5.75 Å². The molecule has 20 nitrogen and oxygen atoms in total. The number of aliphatic hydroxyl groups is 1. The monoisotopic (exact) mass is 836 g/mol. The summed E-state index contributed by atoms with van der Waals surface area (Å²) < 4.78 is 0. The van der Waals surface area contributed by atoms with Gasteiger partial charge in [0.1, 0.15) is 42.0 Å². The van der Waals surface area contributed by atoms with E-state index in [1.54, 1.807) is 32.2 Å². The van der Waals surface area contributed by atoms with E-state index in [4.69, 9.17) is 17.2 Å². The van der Waals surface area contributed by atoms with Crippen molar-refractivity contribution in [2.24, 2.45) is 28.1 Å². The number of aliphatic imine (C=N–C) groups is 1. The molecule has 14 N–H and O–H groups in total. The van der Waals surface area contributed by atoms with Crippen LogP contribution in [0.2, 0.25) is 0 Å². The third-order valence-electron chi connectivity index (χ3n) is 9.36. The number of rotatable bonds is 23. The fourth-order valence-electron chi connectivity index (χ4n) is 6.11. The standard InChI is InChI=1S/C37H60N10O10S/c1-19(2)28(33(53)46-29(21(4)48)34(54)43-25(36(56)57)14-17-58-5)45-32(52)27-9-7-16-47(27)35(55)26(18-22-10-12-23(49)13-11-22)44-31(51)24(42-30(50)20(3)38)8-6-15-41-37(39)40/h10-13,19-21,24-29,48-49H,6-9,14-18,38H2,1-5H3,(H,42,50)(H,43,54)(H,44,51)(H,45,52)(H,46,53)(H,56,57)(H4,39,40,41)/t20-,21+,24-,25-,26-,27-,28-,29-/m0/s1. The zero-order chi connectivity index (χ0) is 43.7. The molecule has 1 heterocycles. The summed E-state index contributed by atoms with van der Waals surface area (Å²) in [5.74, 6) is -5.93. The lowest BCUT2D eigenvalue weighted by molar-refractivity contribution is -0.143. The SMILES string of the molecule is CSCC[C@H](NC(=O)[C@@H](NC(=O)[C@@H](NC(=O)[C@@H]1CCCN1C(=O)[C@H](Cc1ccc(O)cc1)NC(=O)[C@H](CCCN=C(N)N)NC(=O)[C@H](C)N)C(C)C)[C@@H](C)O)C(=O)O. The van der Waals surface area contributed by atoms with Crippen molar-refractivity contribution in [3.63, 3.8) is 0 Å². The van der Waals surface area contributed by atoms with Crippen molar-refractivity contribution in [1.82, 2.24) is 31.5 Å². The number of nitrogens with one attached hydrogen (secondary N) is 5. The Morgan fingerprint density at radius 3 is 2.00 bits per heavy atom. The van der Waals surface area contributed by atoms with E-state index >= 15 is 0 Å². The second kappa shape index (κ2) is 23.9. The number of nitrogens with two attached hydrogens (primary N) is 3. The van der Waals surface area contributed by atoms with Gasteiger partial charge in [-0.15, -0.1) is 0 Å². The van der Waals surface area contributed by atoms with Crippen LogP contribution in [0.3, 0.4) is 0 Å². The summed E-state index contributed by atoms with van der Waals surface area (Å²) >= 11 is 1.38. The average molecular weight is 837 g/mol. The number of phenolic OH excluding ortho intramolecular Hbond substituents is 1. The Labute approximate surface area is 342 Å². The van der Waals surface area contributed by atoms with Gasteiger partial charge in [0, 0.05) is 19.5 Å². The predicted molar refractivity (Wildman–Crippen MR) is 217 cm³/mol. The molecule has 0 aliphatic carbocycles. The quantitative estimate of drug-likeness (QED) is 0.0312. The second-order valence-electron chi connectivity index (χ2n) is 14.6. The molecular weight excluding hydrogens is 777 g/mol. The Morgan fingerprint density at radius 2 is 1.45 bits per heavy atom.